The van der Waals surface area contributed by atoms with E-state index < -0.39 is 0 Å². The smallest absolute Gasteiger partial charge is 0.222 e. The van der Waals surface area contributed by atoms with Crippen LogP contribution in [0.5, 0.6) is 0 Å². The monoisotopic (exact) mass is 228 g/mol. The fourth-order valence-corrected chi connectivity index (χ4v) is 1.88. The Bertz CT molecular complexity index is 223. The number of methoxy groups -OCH3 is 1. The lowest BCUT2D eigenvalue weighted by atomic mass is 9.99. The molecule has 4 heteroatoms. The molecule has 94 valence electrons. The molecule has 1 amide bonds. The molecule has 1 unspecified atom stereocenters. The van der Waals surface area contributed by atoms with Crippen molar-refractivity contribution in [3.8, 4) is 0 Å². The summed E-state index contributed by atoms with van der Waals surface area (Å²) in [5.74, 6) is 0.667. The lowest BCUT2D eigenvalue weighted by Gasteiger charge is -2.25. The molecule has 4 nitrogen and oxygen atoms in total. The zero-order valence-electron chi connectivity index (χ0n) is 10.6. The van der Waals surface area contributed by atoms with Crippen molar-refractivity contribution in [2.24, 2.45) is 5.92 Å². The Morgan fingerprint density at radius 3 is 2.88 bits per heavy atom. The molecule has 0 spiro atoms. The first-order chi connectivity index (χ1) is 7.53. The molecule has 0 aromatic rings. The van der Waals surface area contributed by atoms with E-state index in [2.05, 4.69) is 10.6 Å². The maximum atomic E-state index is 11.6. The van der Waals surface area contributed by atoms with Crippen molar-refractivity contribution in [1.82, 2.24) is 10.6 Å². The third kappa shape index (κ3) is 4.94. The van der Waals surface area contributed by atoms with E-state index >= 15 is 0 Å². The molecule has 1 aliphatic rings. The largest absolute Gasteiger partial charge is 0.378 e. The number of piperidine rings is 1. The van der Waals surface area contributed by atoms with E-state index in [1.807, 2.05) is 13.8 Å². The van der Waals surface area contributed by atoms with Gasteiger partial charge in [-0.2, -0.15) is 0 Å². The van der Waals surface area contributed by atoms with E-state index in [9.17, 15) is 4.79 Å². The number of carbonyl (C=O) groups is 1. The van der Waals surface area contributed by atoms with Crippen molar-refractivity contribution in [2.45, 2.75) is 38.7 Å². The second kappa shape index (κ2) is 6.21. The maximum Gasteiger partial charge on any atom is 0.222 e. The number of hydrogen-bond acceptors (Lipinski definition) is 3. The molecular formula is C12H24N2O2. The zero-order chi connectivity index (χ0) is 12.0. The van der Waals surface area contributed by atoms with Gasteiger partial charge in [-0.05, 0) is 45.7 Å². The van der Waals surface area contributed by atoms with E-state index in [-0.39, 0.29) is 11.5 Å². The van der Waals surface area contributed by atoms with Crippen LogP contribution < -0.4 is 10.6 Å². The number of rotatable bonds is 5. The minimum Gasteiger partial charge on any atom is -0.378 e. The molecule has 0 saturated carbocycles. The number of ether oxygens (including phenoxy) is 1. The molecule has 16 heavy (non-hydrogen) atoms. The standard InChI is InChI=1S/C12H24N2O2/c1-12(2,16-3)7-11(15)14-9-10-5-4-6-13-8-10/h10,13H,4-9H2,1-3H3,(H,14,15). The molecule has 1 saturated heterocycles. The van der Waals surface area contributed by atoms with Gasteiger partial charge in [0.15, 0.2) is 0 Å². The third-order valence-corrected chi connectivity index (χ3v) is 3.13. The topological polar surface area (TPSA) is 50.4 Å². The highest BCUT2D eigenvalue weighted by Gasteiger charge is 2.21. The summed E-state index contributed by atoms with van der Waals surface area (Å²) in [5.41, 5.74) is -0.366. The second-order valence-corrected chi connectivity index (χ2v) is 5.16. The average molecular weight is 228 g/mol. The molecule has 1 heterocycles. The fraction of sp³-hybridized carbons (Fsp3) is 0.917. The summed E-state index contributed by atoms with van der Waals surface area (Å²) in [7, 11) is 1.64. The lowest BCUT2D eigenvalue weighted by molar-refractivity contribution is -0.126. The van der Waals surface area contributed by atoms with Crippen molar-refractivity contribution in [3.05, 3.63) is 0 Å². The fourth-order valence-electron chi connectivity index (χ4n) is 1.88. The molecule has 0 aromatic heterocycles. The Morgan fingerprint density at radius 2 is 2.31 bits per heavy atom. The predicted octanol–water partition coefficient (Wildman–Crippen LogP) is 0.917. The van der Waals surface area contributed by atoms with E-state index in [4.69, 9.17) is 4.74 Å². The molecule has 0 aromatic carbocycles. The van der Waals surface area contributed by atoms with Crippen LogP contribution in [-0.2, 0) is 9.53 Å². The van der Waals surface area contributed by atoms with Gasteiger partial charge < -0.3 is 15.4 Å². The van der Waals surface area contributed by atoms with Crippen molar-refractivity contribution in [3.63, 3.8) is 0 Å². The summed E-state index contributed by atoms with van der Waals surface area (Å²) in [6.45, 7) is 6.77. The quantitative estimate of drug-likeness (QED) is 0.735. The number of amides is 1. The second-order valence-electron chi connectivity index (χ2n) is 5.16. The van der Waals surface area contributed by atoms with Gasteiger partial charge in [-0.1, -0.05) is 0 Å². The van der Waals surface area contributed by atoms with Crippen molar-refractivity contribution in [1.29, 1.82) is 0 Å². The van der Waals surface area contributed by atoms with Crippen LogP contribution in [0.15, 0.2) is 0 Å². The van der Waals surface area contributed by atoms with Crippen molar-refractivity contribution < 1.29 is 9.53 Å². The van der Waals surface area contributed by atoms with E-state index in [0.717, 1.165) is 19.6 Å². The number of hydrogen-bond donors (Lipinski definition) is 2. The molecule has 0 radical (unpaired) electrons. The highest BCUT2D eigenvalue weighted by molar-refractivity contribution is 5.76. The van der Waals surface area contributed by atoms with E-state index in [1.54, 1.807) is 7.11 Å². The van der Waals surface area contributed by atoms with Gasteiger partial charge in [0.1, 0.15) is 0 Å². The number of nitrogens with one attached hydrogen (secondary N) is 2. The highest BCUT2D eigenvalue weighted by Crippen LogP contribution is 2.13. The molecule has 1 atom stereocenters. The first-order valence-corrected chi connectivity index (χ1v) is 6.06. The molecule has 2 N–H and O–H groups in total. The van der Waals surface area contributed by atoms with Crippen molar-refractivity contribution in [2.75, 3.05) is 26.7 Å². The van der Waals surface area contributed by atoms with E-state index in [1.165, 1.54) is 12.8 Å². The van der Waals surface area contributed by atoms with Crippen LogP contribution in [0.25, 0.3) is 0 Å². The van der Waals surface area contributed by atoms with Crippen LogP contribution in [0.1, 0.15) is 33.1 Å². The Balaban J connectivity index is 2.19. The minimum absolute atomic E-state index is 0.0809. The van der Waals surface area contributed by atoms with E-state index in [0.29, 0.717) is 12.3 Å². The Hall–Kier alpha value is -0.610. The molecule has 1 rings (SSSR count). The van der Waals surface area contributed by atoms with Gasteiger partial charge >= 0.3 is 0 Å². The van der Waals surface area contributed by atoms with Crippen LogP contribution in [0.4, 0.5) is 0 Å². The normalized spacial score (nSPS) is 21.8. The van der Waals surface area contributed by atoms with Gasteiger partial charge in [-0.25, -0.2) is 0 Å². The SMILES string of the molecule is COC(C)(C)CC(=O)NCC1CCCNC1. The molecule has 1 fully saturated rings. The minimum atomic E-state index is -0.366. The van der Waals surface area contributed by atoms with Gasteiger partial charge in [0, 0.05) is 13.7 Å². The summed E-state index contributed by atoms with van der Waals surface area (Å²) in [4.78, 5) is 11.6. The van der Waals surface area contributed by atoms with Crippen LogP contribution in [0.2, 0.25) is 0 Å². The predicted molar refractivity (Wildman–Crippen MR) is 64.3 cm³/mol. The van der Waals surface area contributed by atoms with Gasteiger partial charge in [-0.15, -0.1) is 0 Å². The van der Waals surface area contributed by atoms with Crippen LogP contribution in [0, 0.1) is 5.92 Å². The Morgan fingerprint density at radius 1 is 1.56 bits per heavy atom. The Kier molecular flexibility index (Phi) is 5.22. The lowest BCUT2D eigenvalue weighted by Crippen LogP contribution is -2.40. The summed E-state index contributed by atoms with van der Waals surface area (Å²) >= 11 is 0. The third-order valence-electron chi connectivity index (χ3n) is 3.13. The zero-order valence-corrected chi connectivity index (χ0v) is 10.6. The maximum absolute atomic E-state index is 11.6. The van der Waals surface area contributed by atoms with Crippen LogP contribution in [-0.4, -0.2) is 38.3 Å². The number of carbonyl (C=O) groups excluding carboxylic acids is 1. The summed E-state index contributed by atoms with van der Waals surface area (Å²) in [6.07, 6.45) is 2.84. The molecule has 1 aliphatic heterocycles. The van der Waals surface area contributed by atoms with Crippen LogP contribution >= 0.6 is 0 Å². The van der Waals surface area contributed by atoms with Gasteiger partial charge in [0.05, 0.1) is 12.0 Å². The summed E-state index contributed by atoms with van der Waals surface area (Å²) < 4.78 is 5.23. The highest BCUT2D eigenvalue weighted by atomic mass is 16.5. The van der Waals surface area contributed by atoms with Crippen molar-refractivity contribution >= 4 is 5.91 Å². The van der Waals surface area contributed by atoms with Gasteiger partial charge in [0.2, 0.25) is 5.91 Å². The first kappa shape index (κ1) is 13.5. The average Bonchev–Trinajstić information content (AvgIpc) is 2.27. The van der Waals surface area contributed by atoms with Crippen LogP contribution in [0.3, 0.4) is 0 Å². The van der Waals surface area contributed by atoms with Gasteiger partial charge in [-0.3, -0.25) is 4.79 Å². The molecular weight excluding hydrogens is 204 g/mol. The Labute approximate surface area is 98.1 Å². The summed E-state index contributed by atoms with van der Waals surface area (Å²) in [6, 6.07) is 0. The molecule has 0 aliphatic carbocycles. The summed E-state index contributed by atoms with van der Waals surface area (Å²) in [5, 5.41) is 6.33. The first-order valence-electron chi connectivity index (χ1n) is 6.06. The molecule has 0 bridgehead atoms. The van der Waals surface area contributed by atoms with Gasteiger partial charge in [0.25, 0.3) is 0 Å².